The molecule has 0 radical (unpaired) electrons. The summed E-state index contributed by atoms with van der Waals surface area (Å²) in [5, 5.41) is 0.432. The Morgan fingerprint density at radius 2 is 1.74 bits per heavy atom. The minimum atomic E-state index is -3.80. The summed E-state index contributed by atoms with van der Waals surface area (Å²) in [7, 11) is 0.579. The summed E-state index contributed by atoms with van der Waals surface area (Å²) in [5.41, 5.74) is 0.545. The topological polar surface area (TPSA) is 68.7 Å². The van der Waals surface area contributed by atoms with Crippen molar-refractivity contribution in [2.24, 2.45) is 0 Å². The maximum absolute atomic E-state index is 12.9. The van der Waals surface area contributed by atoms with E-state index in [9.17, 15) is 8.42 Å². The molecule has 0 aliphatic rings. The number of sulfonamides is 1. The van der Waals surface area contributed by atoms with Crippen molar-refractivity contribution in [2.75, 3.05) is 25.6 Å². The molecule has 2 rings (SSSR count). The lowest BCUT2D eigenvalue weighted by molar-refractivity contribution is 0.353. The Balaban J connectivity index is 2.52. The van der Waals surface area contributed by atoms with Crippen molar-refractivity contribution in [1.29, 1.82) is 0 Å². The molecule has 0 fully saturated rings. The highest BCUT2D eigenvalue weighted by Crippen LogP contribution is 2.34. The van der Waals surface area contributed by atoms with Crippen LogP contribution < -0.4 is 13.8 Å². The number of benzene rings is 1. The van der Waals surface area contributed by atoms with Crippen LogP contribution in [0, 0.1) is 6.92 Å². The minimum absolute atomic E-state index is 0.120. The number of halogens is 1. The van der Waals surface area contributed by atoms with Gasteiger partial charge in [0.2, 0.25) is 0 Å². The first-order valence-corrected chi connectivity index (χ1v) is 8.46. The first kappa shape index (κ1) is 17.4. The molecule has 0 saturated heterocycles. The molecule has 1 aromatic carbocycles. The lowest BCUT2D eigenvalue weighted by Gasteiger charge is -2.20. The van der Waals surface area contributed by atoms with Gasteiger partial charge in [0.1, 0.15) is 5.82 Å². The molecule has 1 heterocycles. The number of rotatable bonds is 5. The molecular weight excluding hydrogens is 340 g/mol. The molecule has 124 valence electrons. The number of hydrogen-bond donors (Lipinski definition) is 0. The van der Waals surface area contributed by atoms with Crippen LogP contribution >= 0.6 is 11.6 Å². The third kappa shape index (κ3) is 3.35. The van der Waals surface area contributed by atoms with Crippen LogP contribution in [0.1, 0.15) is 5.56 Å². The highest BCUT2D eigenvalue weighted by Gasteiger charge is 2.26. The van der Waals surface area contributed by atoms with Gasteiger partial charge in [-0.2, -0.15) is 0 Å². The van der Waals surface area contributed by atoms with E-state index < -0.39 is 10.0 Å². The minimum Gasteiger partial charge on any atom is -0.493 e. The highest BCUT2D eigenvalue weighted by atomic mass is 35.5. The number of hydrogen-bond acceptors (Lipinski definition) is 5. The Bertz CT molecular complexity index is 807. The molecule has 0 aliphatic heterocycles. The summed E-state index contributed by atoms with van der Waals surface area (Å²) in [6.45, 7) is 1.69. The maximum atomic E-state index is 12.9. The van der Waals surface area contributed by atoms with Gasteiger partial charge in [-0.15, -0.1) is 0 Å². The molecule has 0 N–H and O–H groups in total. The van der Waals surface area contributed by atoms with Crippen LogP contribution in [0.5, 0.6) is 11.5 Å². The number of ether oxygens (including phenoxy) is 2. The van der Waals surface area contributed by atoms with Crippen molar-refractivity contribution in [3.63, 3.8) is 0 Å². The van der Waals surface area contributed by atoms with E-state index in [4.69, 9.17) is 21.1 Å². The van der Waals surface area contributed by atoms with Gasteiger partial charge >= 0.3 is 0 Å². The van der Waals surface area contributed by atoms with Crippen molar-refractivity contribution in [2.45, 2.75) is 11.8 Å². The molecule has 0 spiro atoms. The van der Waals surface area contributed by atoms with Gasteiger partial charge in [-0.1, -0.05) is 11.6 Å². The van der Waals surface area contributed by atoms with Gasteiger partial charge in [0.15, 0.2) is 11.5 Å². The Labute approximate surface area is 140 Å². The standard InChI is InChI=1S/C15H17ClN2O4S/c1-10-7-12(21-3)13(22-4)8-14(10)23(19,20)18(2)15-6-5-11(16)9-17-15/h5-9H,1-4H3. The Morgan fingerprint density at radius 1 is 1.13 bits per heavy atom. The van der Waals surface area contributed by atoms with Gasteiger partial charge in [-0.3, -0.25) is 4.31 Å². The van der Waals surface area contributed by atoms with Crippen molar-refractivity contribution >= 4 is 27.4 Å². The summed E-state index contributed by atoms with van der Waals surface area (Å²) in [6, 6.07) is 6.18. The molecule has 0 atom stereocenters. The number of aryl methyl sites for hydroxylation is 1. The Morgan fingerprint density at radius 3 is 2.26 bits per heavy atom. The number of methoxy groups -OCH3 is 2. The molecule has 0 aliphatic carbocycles. The van der Waals surface area contributed by atoms with Gasteiger partial charge in [0.05, 0.1) is 24.1 Å². The van der Waals surface area contributed by atoms with E-state index in [0.29, 0.717) is 22.1 Å². The second-order valence-corrected chi connectivity index (χ2v) is 7.15. The fourth-order valence-electron chi connectivity index (χ4n) is 2.06. The first-order chi connectivity index (χ1) is 10.8. The predicted octanol–water partition coefficient (Wildman–Crippen LogP) is 2.89. The van der Waals surface area contributed by atoms with E-state index >= 15 is 0 Å². The van der Waals surface area contributed by atoms with Crippen LogP contribution in [0.25, 0.3) is 0 Å². The summed E-state index contributed by atoms with van der Waals surface area (Å²) in [6.07, 6.45) is 1.39. The van der Waals surface area contributed by atoms with Gasteiger partial charge in [0, 0.05) is 19.3 Å². The molecule has 0 unspecified atom stereocenters. The monoisotopic (exact) mass is 356 g/mol. The number of nitrogens with zero attached hydrogens (tertiary/aromatic N) is 2. The van der Waals surface area contributed by atoms with Crippen LogP contribution in [-0.2, 0) is 10.0 Å². The van der Waals surface area contributed by atoms with Crippen LogP contribution in [0.15, 0.2) is 35.4 Å². The summed E-state index contributed by atoms with van der Waals surface area (Å²) >= 11 is 5.78. The molecule has 0 saturated carbocycles. The average Bonchev–Trinajstić information content (AvgIpc) is 2.54. The maximum Gasteiger partial charge on any atom is 0.265 e. The quantitative estimate of drug-likeness (QED) is 0.824. The SMILES string of the molecule is COc1cc(C)c(S(=O)(=O)N(C)c2ccc(Cl)cn2)cc1OC. The largest absolute Gasteiger partial charge is 0.493 e. The zero-order valence-corrected chi connectivity index (χ0v) is 14.8. The third-order valence-corrected chi connectivity index (χ3v) is 5.48. The van der Waals surface area contributed by atoms with Gasteiger partial charge < -0.3 is 9.47 Å². The fourth-order valence-corrected chi connectivity index (χ4v) is 3.55. The van der Waals surface area contributed by atoms with Gasteiger partial charge in [0.25, 0.3) is 10.0 Å². The number of pyridine rings is 1. The van der Waals surface area contributed by atoms with E-state index in [1.54, 1.807) is 19.1 Å². The summed E-state index contributed by atoms with van der Waals surface area (Å²) < 4.78 is 37.2. The first-order valence-electron chi connectivity index (χ1n) is 6.64. The van der Waals surface area contributed by atoms with Crippen LogP contribution in [0.4, 0.5) is 5.82 Å². The zero-order valence-electron chi connectivity index (χ0n) is 13.2. The van der Waals surface area contributed by atoms with Gasteiger partial charge in [-0.05, 0) is 30.7 Å². The van der Waals surface area contributed by atoms with Crippen molar-refractivity contribution in [1.82, 2.24) is 4.98 Å². The van der Waals surface area contributed by atoms with E-state index in [-0.39, 0.29) is 10.7 Å². The molecule has 0 amide bonds. The molecule has 8 heteroatoms. The normalized spacial score (nSPS) is 11.2. The smallest absolute Gasteiger partial charge is 0.265 e. The summed E-state index contributed by atoms with van der Waals surface area (Å²) in [4.78, 5) is 4.15. The molecule has 1 aromatic heterocycles. The predicted molar refractivity (Wildman–Crippen MR) is 89.1 cm³/mol. The van der Waals surface area contributed by atoms with Crippen LogP contribution in [0.3, 0.4) is 0 Å². The van der Waals surface area contributed by atoms with E-state index in [0.717, 1.165) is 4.31 Å². The zero-order chi connectivity index (χ0) is 17.2. The Kier molecular flexibility index (Phi) is 5.01. The average molecular weight is 357 g/mol. The van der Waals surface area contributed by atoms with Crippen LogP contribution in [-0.4, -0.2) is 34.7 Å². The summed E-state index contributed by atoms with van der Waals surface area (Å²) in [5.74, 6) is 1.08. The Hall–Kier alpha value is -1.99. The molecule has 0 bridgehead atoms. The van der Waals surface area contributed by atoms with E-state index in [1.807, 2.05) is 0 Å². The van der Waals surface area contributed by atoms with Crippen molar-refractivity contribution in [3.05, 3.63) is 41.0 Å². The molecule has 2 aromatic rings. The highest BCUT2D eigenvalue weighted by molar-refractivity contribution is 7.92. The number of anilines is 1. The van der Waals surface area contributed by atoms with Crippen molar-refractivity contribution in [3.8, 4) is 11.5 Å². The lowest BCUT2D eigenvalue weighted by atomic mass is 10.2. The molecular formula is C15H17ClN2O4S. The van der Waals surface area contributed by atoms with Gasteiger partial charge in [-0.25, -0.2) is 13.4 Å². The third-order valence-electron chi connectivity index (χ3n) is 3.35. The molecule has 23 heavy (non-hydrogen) atoms. The number of aromatic nitrogens is 1. The second kappa shape index (κ2) is 6.64. The fraction of sp³-hybridized carbons (Fsp3) is 0.267. The lowest BCUT2D eigenvalue weighted by Crippen LogP contribution is -2.28. The van der Waals surface area contributed by atoms with Crippen molar-refractivity contribution < 1.29 is 17.9 Å². The van der Waals surface area contributed by atoms with E-state index in [2.05, 4.69) is 4.98 Å². The van der Waals surface area contributed by atoms with Crippen LogP contribution in [0.2, 0.25) is 5.02 Å². The van der Waals surface area contributed by atoms with E-state index in [1.165, 1.54) is 39.6 Å². The molecule has 6 nitrogen and oxygen atoms in total. The second-order valence-electron chi connectivity index (χ2n) is 4.78.